The molecule has 1 aliphatic heterocycles. The van der Waals surface area contributed by atoms with E-state index in [2.05, 4.69) is 59.3 Å². The van der Waals surface area contributed by atoms with Gasteiger partial charge in [0.2, 0.25) is 0 Å². The molecule has 0 aromatic heterocycles. The van der Waals surface area contributed by atoms with Crippen molar-refractivity contribution in [1.82, 2.24) is 0 Å². The van der Waals surface area contributed by atoms with Crippen LogP contribution in [-0.2, 0) is 18.3 Å². The number of hydrogen-bond donors (Lipinski definition) is 0. The molecule has 2 heteroatoms. The Balaban J connectivity index is 1.73. The van der Waals surface area contributed by atoms with E-state index in [1.54, 1.807) is 5.56 Å². The summed E-state index contributed by atoms with van der Waals surface area (Å²) >= 11 is 3.58. The van der Waals surface area contributed by atoms with Gasteiger partial charge in [0.25, 0.3) is 0 Å². The molecule has 2 aromatic carbocycles. The highest BCUT2D eigenvalue weighted by atomic mass is 79.9. The Morgan fingerprint density at radius 2 is 1.91 bits per heavy atom. The maximum atomic E-state index is 6.26. The third kappa shape index (κ3) is 2.38. The Bertz CT molecular complexity index is 722. The molecule has 2 aliphatic rings. The lowest BCUT2D eigenvalue weighted by Crippen LogP contribution is -2.36. The molecule has 0 N–H and O–H groups in total. The summed E-state index contributed by atoms with van der Waals surface area (Å²) in [6.07, 6.45) is 6.03. The van der Waals surface area contributed by atoms with Gasteiger partial charge in [-0.3, -0.25) is 0 Å². The van der Waals surface area contributed by atoms with Crippen molar-refractivity contribution in [1.29, 1.82) is 0 Å². The lowest BCUT2D eigenvalue weighted by atomic mass is 9.67. The zero-order valence-electron chi connectivity index (χ0n) is 13.0. The molecule has 0 amide bonds. The molecule has 114 valence electrons. The maximum Gasteiger partial charge on any atom is 0.122 e. The fraction of sp³-hybridized carbons (Fsp3) is 0.400. The molecule has 0 unspecified atom stereocenters. The smallest absolute Gasteiger partial charge is 0.122 e. The van der Waals surface area contributed by atoms with Gasteiger partial charge in [-0.2, -0.15) is 0 Å². The average Bonchev–Trinajstić information content (AvgIpc) is 2.68. The van der Waals surface area contributed by atoms with Crippen LogP contribution in [0, 0.1) is 6.92 Å². The van der Waals surface area contributed by atoms with Crippen LogP contribution in [0.25, 0.3) is 0 Å². The summed E-state index contributed by atoms with van der Waals surface area (Å²) in [6.45, 7) is 3.01. The first kappa shape index (κ1) is 14.3. The molecular formula is C20H21BrO. The van der Waals surface area contributed by atoms with Gasteiger partial charge in [-0.05, 0) is 73.9 Å². The van der Waals surface area contributed by atoms with Gasteiger partial charge in [0.1, 0.15) is 5.75 Å². The molecule has 22 heavy (non-hydrogen) atoms. The van der Waals surface area contributed by atoms with Crippen LogP contribution in [0.2, 0.25) is 0 Å². The van der Waals surface area contributed by atoms with Crippen LogP contribution in [0.15, 0.2) is 40.9 Å². The molecular weight excluding hydrogens is 336 g/mol. The summed E-state index contributed by atoms with van der Waals surface area (Å²) in [4.78, 5) is 0. The second kappa shape index (κ2) is 5.42. The summed E-state index contributed by atoms with van der Waals surface area (Å²) in [6, 6.07) is 13.4. The van der Waals surface area contributed by atoms with Crippen LogP contribution in [0.5, 0.6) is 5.75 Å². The van der Waals surface area contributed by atoms with Crippen LogP contribution < -0.4 is 4.74 Å². The maximum absolute atomic E-state index is 6.26. The van der Waals surface area contributed by atoms with E-state index < -0.39 is 0 Å². The highest BCUT2D eigenvalue weighted by Gasteiger charge is 2.38. The van der Waals surface area contributed by atoms with Crippen LogP contribution in [0.1, 0.15) is 41.5 Å². The Kier molecular flexibility index (Phi) is 3.53. The minimum absolute atomic E-state index is 0.201. The Hall–Kier alpha value is -1.28. The van der Waals surface area contributed by atoms with E-state index in [0.717, 1.165) is 23.2 Å². The molecule has 1 aliphatic carbocycles. The van der Waals surface area contributed by atoms with Crippen molar-refractivity contribution in [3.05, 3.63) is 63.1 Å². The Labute approximate surface area is 140 Å². The van der Waals surface area contributed by atoms with Crippen LogP contribution >= 0.6 is 15.9 Å². The highest BCUT2D eigenvalue weighted by molar-refractivity contribution is 9.10. The number of hydrogen-bond acceptors (Lipinski definition) is 1. The molecule has 2 aromatic rings. The van der Waals surface area contributed by atoms with Crippen molar-refractivity contribution in [2.75, 3.05) is 6.61 Å². The topological polar surface area (TPSA) is 9.23 Å². The highest BCUT2D eigenvalue weighted by Crippen LogP contribution is 2.44. The van der Waals surface area contributed by atoms with Crippen molar-refractivity contribution in [2.24, 2.45) is 0 Å². The molecule has 4 rings (SSSR count). The van der Waals surface area contributed by atoms with E-state index in [0.29, 0.717) is 0 Å². The standard InChI is InChI=1S/C20H21BrO/c1-14-4-6-18-15(11-14)3-2-9-20(18)10-8-16-12-17(21)5-7-19(16)22-13-20/h4-7,11-12H,2-3,8-10,13H2,1H3/t20-/m0/s1. The molecule has 0 radical (unpaired) electrons. The normalized spacial score (nSPS) is 23.4. The van der Waals surface area contributed by atoms with Crippen LogP contribution in [0.3, 0.4) is 0 Å². The second-order valence-electron chi connectivity index (χ2n) is 6.84. The number of halogens is 1. The molecule has 0 saturated carbocycles. The first-order valence-corrected chi connectivity index (χ1v) is 8.97. The summed E-state index contributed by atoms with van der Waals surface area (Å²) in [7, 11) is 0. The fourth-order valence-electron chi connectivity index (χ4n) is 4.15. The minimum Gasteiger partial charge on any atom is -0.492 e. The van der Waals surface area contributed by atoms with Gasteiger partial charge in [-0.15, -0.1) is 0 Å². The zero-order chi connectivity index (χ0) is 15.2. The van der Waals surface area contributed by atoms with E-state index in [4.69, 9.17) is 4.74 Å². The van der Waals surface area contributed by atoms with Crippen molar-refractivity contribution < 1.29 is 4.74 Å². The van der Waals surface area contributed by atoms with E-state index >= 15 is 0 Å². The van der Waals surface area contributed by atoms with Gasteiger partial charge in [-0.25, -0.2) is 0 Å². The number of aryl methyl sites for hydroxylation is 3. The van der Waals surface area contributed by atoms with Crippen molar-refractivity contribution in [3.63, 3.8) is 0 Å². The Morgan fingerprint density at radius 1 is 1.00 bits per heavy atom. The SMILES string of the molecule is Cc1ccc2c(c1)CCC[C@@]21CCc2cc(Br)ccc2OC1. The van der Waals surface area contributed by atoms with Gasteiger partial charge in [0.05, 0.1) is 6.61 Å². The lowest BCUT2D eigenvalue weighted by Gasteiger charge is -2.38. The molecule has 1 heterocycles. The number of ether oxygens (including phenoxy) is 1. The molecule has 1 atom stereocenters. The van der Waals surface area contributed by atoms with Gasteiger partial charge in [0, 0.05) is 9.89 Å². The van der Waals surface area contributed by atoms with Gasteiger partial charge in [0.15, 0.2) is 0 Å². The first-order chi connectivity index (χ1) is 10.7. The van der Waals surface area contributed by atoms with E-state index in [-0.39, 0.29) is 5.41 Å². The molecule has 0 saturated heterocycles. The first-order valence-electron chi connectivity index (χ1n) is 8.18. The molecule has 1 nitrogen and oxygen atoms in total. The molecule has 1 spiro atoms. The third-order valence-electron chi connectivity index (χ3n) is 5.33. The minimum atomic E-state index is 0.201. The summed E-state index contributed by atoms with van der Waals surface area (Å²) in [5, 5.41) is 0. The van der Waals surface area contributed by atoms with Crippen molar-refractivity contribution in [2.45, 2.75) is 44.4 Å². The van der Waals surface area contributed by atoms with Gasteiger partial charge in [-0.1, -0.05) is 39.7 Å². The van der Waals surface area contributed by atoms with E-state index in [1.165, 1.54) is 42.4 Å². The quantitative estimate of drug-likeness (QED) is 0.617. The van der Waals surface area contributed by atoms with Crippen molar-refractivity contribution in [3.8, 4) is 5.75 Å². The summed E-state index contributed by atoms with van der Waals surface area (Å²) in [5.74, 6) is 1.07. The predicted molar refractivity (Wildman–Crippen MR) is 93.8 cm³/mol. The number of rotatable bonds is 0. The Morgan fingerprint density at radius 3 is 2.82 bits per heavy atom. The van der Waals surface area contributed by atoms with E-state index in [9.17, 15) is 0 Å². The average molecular weight is 357 g/mol. The van der Waals surface area contributed by atoms with Crippen molar-refractivity contribution >= 4 is 15.9 Å². The van der Waals surface area contributed by atoms with Crippen LogP contribution in [-0.4, -0.2) is 6.61 Å². The third-order valence-corrected chi connectivity index (χ3v) is 5.83. The number of benzene rings is 2. The van der Waals surface area contributed by atoms with Gasteiger partial charge < -0.3 is 4.74 Å². The lowest BCUT2D eigenvalue weighted by molar-refractivity contribution is 0.195. The zero-order valence-corrected chi connectivity index (χ0v) is 14.6. The van der Waals surface area contributed by atoms with Gasteiger partial charge >= 0.3 is 0 Å². The fourth-order valence-corrected chi connectivity index (χ4v) is 4.56. The largest absolute Gasteiger partial charge is 0.492 e. The molecule has 0 bridgehead atoms. The predicted octanol–water partition coefficient (Wildman–Crippen LogP) is 5.36. The van der Waals surface area contributed by atoms with E-state index in [1.807, 2.05) is 0 Å². The van der Waals surface area contributed by atoms with Crippen LogP contribution in [0.4, 0.5) is 0 Å². The monoisotopic (exact) mass is 356 g/mol. The second-order valence-corrected chi connectivity index (χ2v) is 7.75. The summed E-state index contributed by atoms with van der Waals surface area (Å²) < 4.78 is 7.41. The molecule has 0 fully saturated rings. The summed E-state index contributed by atoms with van der Waals surface area (Å²) in [5.41, 5.74) is 5.99. The number of fused-ring (bicyclic) bond motifs is 3.